The Labute approximate surface area is 157 Å². The minimum atomic E-state index is -0.720. The summed E-state index contributed by atoms with van der Waals surface area (Å²) < 4.78 is 7.33. The Hall–Kier alpha value is -2.46. The Morgan fingerprint density at radius 1 is 1.19 bits per heavy atom. The number of amides is 1. The molecule has 0 atom stereocenters. The van der Waals surface area contributed by atoms with E-state index in [0.29, 0.717) is 39.3 Å². The maximum absolute atomic E-state index is 12.7. The number of rotatable bonds is 7. The second-order valence-electron chi connectivity index (χ2n) is 6.65. The minimum absolute atomic E-state index is 0.0422. The van der Waals surface area contributed by atoms with Crippen LogP contribution in [0.1, 0.15) is 23.7 Å². The van der Waals surface area contributed by atoms with E-state index >= 15 is 0 Å². The molecule has 0 saturated carbocycles. The molecule has 0 bridgehead atoms. The van der Waals surface area contributed by atoms with Crippen LogP contribution < -0.4 is 17.0 Å². The van der Waals surface area contributed by atoms with Crippen LogP contribution in [-0.2, 0) is 23.1 Å². The molecule has 1 aliphatic rings. The van der Waals surface area contributed by atoms with Crippen LogP contribution in [0.25, 0.3) is 0 Å². The smallest absolute Gasteiger partial charge is 0.332 e. The number of nitrogens with zero attached hydrogens (tertiary/aromatic N) is 4. The average molecular weight is 381 g/mol. The molecule has 1 amide bonds. The van der Waals surface area contributed by atoms with Gasteiger partial charge in [-0.2, -0.15) is 0 Å². The van der Waals surface area contributed by atoms with Crippen LogP contribution in [0.4, 0.5) is 5.82 Å². The second-order valence-corrected chi connectivity index (χ2v) is 6.65. The van der Waals surface area contributed by atoms with Crippen LogP contribution >= 0.6 is 0 Å². The third-order valence-electron chi connectivity index (χ3n) is 4.49. The van der Waals surface area contributed by atoms with Crippen LogP contribution in [0.2, 0.25) is 0 Å². The summed E-state index contributed by atoms with van der Waals surface area (Å²) in [4.78, 5) is 52.8. The highest BCUT2D eigenvalue weighted by molar-refractivity contribution is 6.01. The summed E-state index contributed by atoms with van der Waals surface area (Å²) in [6.07, 6.45) is 0.629. The predicted molar refractivity (Wildman–Crippen MR) is 99.9 cm³/mol. The van der Waals surface area contributed by atoms with Gasteiger partial charge in [0.1, 0.15) is 11.4 Å². The van der Waals surface area contributed by atoms with Gasteiger partial charge in [0, 0.05) is 26.7 Å². The third kappa shape index (κ3) is 4.64. The molecule has 2 rings (SSSR count). The van der Waals surface area contributed by atoms with Gasteiger partial charge in [-0.05, 0) is 13.5 Å². The van der Waals surface area contributed by atoms with Crippen LogP contribution in [0.3, 0.4) is 0 Å². The number of aromatic nitrogens is 2. The van der Waals surface area contributed by atoms with E-state index in [1.807, 2.05) is 6.92 Å². The SMILES string of the molecule is CCCn1c(N)c(C(=O)CN(C)CC(=O)N2CCOCC2)c(=O)n(C)c1=O. The van der Waals surface area contributed by atoms with E-state index in [1.165, 1.54) is 16.5 Å². The highest BCUT2D eigenvalue weighted by Gasteiger charge is 2.24. The molecule has 0 aliphatic carbocycles. The number of nitrogen functional groups attached to an aromatic ring is 1. The maximum Gasteiger partial charge on any atom is 0.332 e. The van der Waals surface area contributed by atoms with E-state index in [4.69, 9.17) is 10.5 Å². The van der Waals surface area contributed by atoms with E-state index in [9.17, 15) is 19.2 Å². The van der Waals surface area contributed by atoms with E-state index in [1.54, 1.807) is 11.9 Å². The van der Waals surface area contributed by atoms with Gasteiger partial charge in [0.05, 0.1) is 26.3 Å². The molecule has 0 unspecified atom stereocenters. The Morgan fingerprint density at radius 2 is 1.81 bits per heavy atom. The highest BCUT2D eigenvalue weighted by Crippen LogP contribution is 2.08. The molecule has 2 N–H and O–H groups in total. The molecule has 0 aromatic carbocycles. The average Bonchev–Trinajstić information content (AvgIpc) is 2.64. The van der Waals surface area contributed by atoms with Crippen LogP contribution in [0, 0.1) is 0 Å². The van der Waals surface area contributed by atoms with Gasteiger partial charge in [0.2, 0.25) is 5.91 Å². The fraction of sp³-hybridized carbons (Fsp3) is 0.647. The first-order valence-corrected chi connectivity index (χ1v) is 8.94. The van der Waals surface area contributed by atoms with E-state index in [0.717, 1.165) is 4.57 Å². The fourth-order valence-electron chi connectivity index (χ4n) is 3.01. The van der Waals surface area contributed by atoms with Gasteiger partial charge in [-0.15, -0.1) is 0 Å². The summed E-state index contributed by atoms with van der Waals surface area (Å²) in [6.45, 7) is 4.11. The number of ketones is 1. The zero-order chi connectivity index (χ0) is 20.1. The van der Waals surface area contributed by atoms with E-state index in [-0.39, 0.29) is 30.4 Å². The molecular formula is C17H27N5O5. The lowest BCUT2D eigenvalue weighted by Gasteiger charge is -2.28. The molecule has 1 aromatic rings. The van der Waals surface area contributed by atoms with Crippen molar-refractivity contribution in [2.75, 3.05) is 52.2 Å². The molecular weight excluding hydrogens is 354 g/mol. The molecule has 0 radical (unpaired) electrons. The van der Waals surface area contributed by atoms with Crippen molar-refractivity contribution in [3.8, 4) is 0 Å². The summed E-state index contributed by atoms with van der Waals surface area (Å²) in [5.74, 6) is -0.747. The summed E-state index contributed by atoms with van der Waals surface area (Å²) in [7, 11) is 2.94. The zero-order valence-corrected chi connectivity index (χ0v) is 16.1. The van der Waals surface area contributed by atoms with Crippen LogP contribution in [0.5, 0.6) is 0 Å². The second kappa shape index (κ2) is 8.96. The van der Waals surface area contributed by atoms with Crippen LogP contribution in [0.15, 0.2) is 9.59 Å². The summed E-state index contributed by atoms with van der Waals surface area (Å²) in [5, 5.41) is 0. The lowest BCUT2D eigenvalue weighted by atomic mass is 10.1. The highest BCUT2D eigenvalue weighted by atomic mass is 16.5. The van der Waals surface area contributed by atoms with Crippen molar-refractivity contribution in [1.82, 2.24) is 18.9 Å². The molecule has 10 heteroatoms. The Kier molecular flexibility index (Phi) is 6.92. The standard InChI is InChI=1S/C17H27N5O5/c1-4-5-22-15(18)14(16(25)20(3)17(22)26)12(23)10-19(2)11-13(24)21-6-8-27-9-7-21/h4-11,18H2,1-3H3. The molecule has 2 heterocycles. The van der Waals surface area contributed by atoms with Crippen molar-refractivity contribution in [2.24, 2.45) is 7.05 Å². The number of ether oxygens (including phenoxy) is 1. The first kappa shape index (κ1) is 20.8. The number of likely N-dealkylation sites (N-methyl/N-ethyl adjacent to an activating group) is 1. The van der Waals surface area contributed by atoms with E-state index in [2.05, 4.69) is 0 Å². The normalized spacial score (nSPS) is 14.6. The van der Waals surface area contributed by atoms with Gasteiger partial charge >= 0.3 is 5.69 Å². The van der Waals surface area contributed by atoms with Crippen molar-refractivity contribution in [1.29, 1.82) is 0 Å². The molecule has 1 saturated heterocycles. The molecule has 1 aromatic heterocycles. The number of morpholine rings is 1. The first-order valence-electron chi connectivity index (χ1n) is 8.94. The van der Waals surface area contributed by atoms with Crippen molar-refractivity contribution >= 4 is 17.5 Å². The van der Waals surface area contributed by atoms with Gasteiger partial charge in [-0.1, -0.05) is 6.92 Å². The Morgan fingerprint density at radius 3 is 2.41 bits per heavy atom. The van der Waals surface area contributed by atoms with Gasteiger partial charge in [0.15, 0.2) is 5.78 Å². The van der Waals surface area contributed by atoms with Gasteiger partial charge < -0.3 is 15.4 Å². The number of hydrogen-bond donors (Lipinski definition) is 1. The Balaban J connectivity index is 2.16. The quantitative estimate of drug-likeness (QED) is 0.572. The largest absolute Gasteiger partial charge is 0.384 e. The number of carbonyl (C=O) groups is 2. The summed E-state index contributed by atoms with van der Waals surface area (Å²) in [5.41, 5.74) is 4.48. The van der Waals surface area contributed by atoms with Crippen molar-refractivity contribution < 1.29 is 14.3 Å². The van der Waals surface area contributed by atoms with Crippen molar-refractivity contribution in [3.63, 3.8) is 0 Å². The number of anilines is 1. The number of carbonyl (C=O) groups excluding carboxylic acids is 2. The van der Waals surface area contributed by atoms with Crippen LogP contribution in [-0.4, -0.2) is 77.1 Å². The molecule has 10 nitrogen and oxygen atoms in total. The number of hydrogen-bond acceptors (Lipinski definition) is 7. The summed E-state index contributed by atoms with van der Waals surface area (Å²) in [6, 6.07) is 0. The number of nitrogens with two attached hydrogens (primary N) is 1. The van der Waals surface area contributed by atoms with E-state index < -0.39 is 17.0 Å². The minimum Gasteiger partial charge on any atom is -0.384 e. The molecule has 27 heavy (non-hydrogen) atoms. The monoisotopic (exact) mass is 381 g/mol. The molecule has 1 aliphatic heterocycles. The molecule has 1 fully saturated rings. The summed E-state index contributed by atoms with van der Waals surface area (Å²) >= 11 is 0. The first-order chi connectivity index (χ1) is 12.8. The topological polar surface area (TPSA) is 120 Å². The van der Waals surface area contributed by atoms with Crippen molar-refractivity contribution in [3.05, 3.63) is 26.4 Å². The zero-order valence-electron chi connectivity index (χ0n) is 16.1. The third-order valence-corrected chi connectivity index (χ3v) is 4.49. The van der Waals surface area contributed by atoms with Gasteiger partial charge in [-0.3, -0.25) is 28.4 Å². The van der Waals surface area contributed by atoms with Gasteiger partial charge in [0.25, 0.3) is 5.56 Å². The maximum atomic E-state index is 12.7. The fourth-order valence-corrected chi connectivity index (χ4v) is 3.01. The molecule has 0 spiro atoms. The lowest BCUT2D eigenvalue weighted by molar-refractivity contribution is -0.136. The Bertz CT molecular complexity index is 822. The number of Topliss-reactive ketones (excluding diaryl/α,β-unsaturated/α-hetero) is 1. The molecule has 150 valence electrons. The predicted octanol–water partition coefficient (Wildman–Crippen LogP) is -1.49. The van der Waals surface area contributed by atoms with Crippen molar-refractivity contribution in [2.45, 2.75) is 19.9 Å². The van der Waals surface area contributed by atoms with Gasteiger partial charge in [-0.25, -0.2) is 4.79 Å². The lowest BCUT2D eigenvalue weighted by Crippen LogP contribution is -2.47.